The van der Waals surface area contributed by atoms with Crippen molar-refractivity contribution in [3.05, 3.63) is 23.3 Å². The predicted molar refractivity (Wildman–Crippen MR) is 112 cm³/mol. The zero-order chi connectivity index (χ0) is 18.1. The van der Waals surface area contributed by atoms with Crippen LogP contribution in [0.1, 0.15) is 91.4 Å². The van der Waals surface area contributed by atoms with Gasteiger partial charge in [-0.15, -0.1) is 34.8 Å². The van der Waals surface area contributed by atoms with Gasteiger partial charge in [0, 0.05) is 5.88 Å². The normalized spacial score (nSPS) is 27.1. The van der Waals surface area contributed by atoms with Crippen LogP contribution in [0.2, 0.25) is 0 Å². The van der Waals surface area contributed by atoms with E-state index < -0.39 is 9.75 Å². The van der Waals surface area contributed by atoms with Gasteiger partial charge >= 0.3 is 0 Å². The standard InChI is InChI=1S/C21H35Cl3/c1-4-5-6-7-8-9-10-11-12-13-14-19-18(17-22)15-16-20(2,23)21(19,3)24/h15-16H,4-14,17H2,1-3H3. The van der Waals surface area contributed by atoms with Crippen LogP contribution in [-0.2, 0) is 0 Å². The van der Waals surface area contributed by atoms with E-state index in [9.17, 15) is 0 Å². The number of allylic oxidation sites excluding steroid dienone is 4. The first-order chi connectivity index (χ1) is 11.4. The summed E-state index contributed by atoms with van der Waals surface area (Å²) in [7, 11) is 0. The van der Waals surface area contributed by atoms with Gasteiger partial charge < -0.3 is 0 Å². The van der Waals surface area contributed by atoms with Crippen LogP contribution < -0.4 is 0 Å². The van der Waals surface area contributed by atoms with Crippen LogP contribution in [0, 0.1) is 0 Å². The molecule has 0 aromatic carbocycles. The number of unbranched alkanes of at least 4 members (excludes halogenated alkanes) is 9. The molecule has 0 spiro atoms. The van der Waals surface area contributed by atoms with Gasteiger partial charge in [0.15, 0.2) is 0 Å². The lowest BCUT2D eigenvalue weighted by molar-refractivity contribution is 0.531. The first-order valence-electron chi connectivity index (χ1n) is 9.72. The average molecular weight is 394 g/mol. The van der Waals surface area contributed by atoms with E-state index in [4.69, 9.17) is 34.8 Å². The van der Waals surface area contributed by atoms with Crippen molar-refractivity contribution in [1.29, 1.82) is 0 Å². The summed E-state index contributed by atoms with van der Waals surface area (Å²) in [6.07, 6.45) is 18.5. The summed E-state index contributed by atoms with van der Waals surface area (Å²) in [6.45, 7) is 6.29. The molecule has 1 aliphatic carbocycles. The average Bonchev–Trinajstić information content (AvgIpc) is 2.53. The minimum atomic E-state index is -0.549. The van der Waals surface area contributed by atoms with Crippen molar-refractivity contribution in [3.63, 3.8) is 0 Å². The van der Waals surface area contributed by atoms with E-state index in [1.165, 1.54) is 69.8 Å². The molecule has 0 radical (unpaired) electrons. The largest absolute Gasteiger partial charge is 0.122 e. The lowest BCUT2D eigenvalue weighted by Crippen LogP contribution is -2.43. The second-order valence-corrected chi connectivity index (χ2v) is 9.29. The second kappa shape index (κ2) is 11.1. The predicted octanol–water partition coefficient (Wildman–Crippen LogP) is 8.40. The Kier molecular flexibility index (Phi) is 10.4. The molecule has 0 nitrogen and oxygen atoms in total. The van der Waals surface area contributed by atoms with Crippen molar-refractivity contribution in [2.24, 2.45) is 0 Å². The van der Waals surface area contributed by atoms with E-state index in [-0.39, 0.29) is 0 Å². The van der Waals surface area contributed by atoms with Gasteiger partial charge in [-0.3, -0.25) is 0 Å². The molecule has 1 rings (SSSR count). The molecule has 0 aromatic heterocycles. The van der Waals surface area contributed by atoms with E-state index in [0.29, 0.717) is 5.88 Å². The van der Waals surface area contributed by atoms with Crippen molar-refractivity contribution in [1.82, 2.24) is 0 Å². The van der Waals surface area contributed by atoms with Gasteiger partial charge in [-0.2, -0.15) is 0 Å². The van der Waals surface area contributed by atoms with Crippen molar-refractivity contribution in [3.8, 4) is 0 Å². The maximum atomic E-state index is 6.83. The van der Waals surface area contributed by atoms with Crippen LogP contribution in [-0.4, -0.2) is 15.6 Å². The fourth-order valence-corrected chi connectivity index (χ4v) is 4.13. The van der Waals surface area contributed by atoms with E-state index >= 15 is 0 Å². The Bertz CT molecular complexity index is 419. The first-order valence-corrected chi connectivity index (χ1v) is 11.0. The SMILES string of the molecule is CCCCCCCCCCCCC1=C(CCl)C=CC(C)(Cl)C1(C)Cl. The van der Waals surface area contributed by atoms with E-state index in [1.54, 1.807) is 0 Å². The summed E-state index contributed by atoms with van der Waals surface area (Å²) < 4.78 is 0. The summed E-state index contributed by atoms with van der Waals surface area (Å²) in [5.74, 6) is 0.513. The van der Waals surface area contributed by atoms with E-state index in [0.717, 1.165) is 12.0 Å². The topological polar surface area (TPSA) is 0 Å². The smallest absolute Gasteiger partial charge is 0.0856 e. The van der Waals surface area contributed by atoms with Crippen molar-refractivity contribution >= 4 is 34.8 Å². The number of halogens is 3. The molecule has 0 saturated heterocycles. The zero-order valence-corrected chi connectivity index (χ0v) is 18.0. The summed E-state index contributed by atoms with van der Waals surface area (Å²) in [5, 5.41) is 0. The van der Waals surface area contributed by atoms with E-state index in [1.807, 2.05) is 19.9 Å². The molecule has 1 aliphatic rings. The maximum absolute atomic E-state index is 6.83. The van der Waals surface area contributed by atoms with Gasteiger partial charge in [0.1, 0.15) is 0 Å². The monoisotopic (exact) mass is 392 g/mol. The van der Waals surface area contributed by atoms with Gasteiger partial charge in [0.2, 0.25) is 0 Å². The Balaban J connectivity index is 2.30. The number of hydrogen-bond donors (Lipinski definition) is 0. The van der Waals surface area contributed by atoms with Crippen LogP contribution in [0.3, 0.4) is 0 Å². The van der Waals surface area contributed by atoms with Crippen LogP contribution in [0.15, 0.2) is 23.3 Å². The minimum Gasteiger partial charge on any atom is -0.122 e. The third-order valence-corrected chi connectivity index (χ3v) is 6.90. The Labute approximate surface area is 165 Å². The van der Waals surface area contributed by atoms with Crippen molar-refractivity contribution in [2.75, 3.05) is 5.88 Å². The Morgan fingerprint density at radius 1 is 0.833 bits per heavy atom. The highest BCUT2D eigenvalue weighted by Crippen LogP contribution is 2.47. The highest BCUT2D eigenvalue weighted by atomic mass is 35.5. The molecule has 3 heteroatoms. The molecule has 0 amide bonds. The maximum Gasteiger partial charge on any atom is 0.0856 e. The Hall–Kier alpha value is 0.350. The second-order valence-electron chi connectivity index (χ2n) is 7.48. The minimum absolute atomic E-state index is 0.513. The molecule has 0 aromatic rings. The van der Waals surface area contributed by atoms with Gasteiger partial charge in [0.05, 0.1) is 9.75 Å². The Morgan fingerprint density at radius 2 is 1.33 bits per heavy atom. The molecule has 0 fully saturated rings. The quantitative estimate of drug-likeness (QED) is 0.230. The fourth-order valence-electron chi connectivity index (χ4n) is 3.42. The van der Waals surface area contributed by atoms with Gasteiger partial charge in [-0.1, -0.05) is 76.9 Å². The summed E-state index contributed by atoms with van der Waals surface area (Å²) >= 11 is 19.6. The summed E-state index contributed by atoms with van der Waals surface area (Å²) in [4.78, 5) is -1.09. The van der Waals surface area contributed by atoms with Crippen molar-refractivity contribution < 1.29 is 0 Å². The number of alkyl halides is 3. The number of hydrogen-bond acceptors (Lipinski definition) is 0. The molecular weight excluding hydrogens is 359 g/mol. The van der Waals surface area contributed by atoms with Crippen LogP contribution in [0.4, 0.5) is 0 Å². The molecule has 140 valence electrons. The highest BCUT2D eigenvalue weighted by molar-refractivity contribution is 6.37. The lowest BCUT2D eigenvalue weighted by atomic mass is 9.78. The molecule has 0 bridgehead atoms. The van der Waals surface area contributed by atoms with Crippen molar-refractivity contribution in [2.45, 2.75) is 101 Å². The van der Waals surface area contributed by atoms with Crippen LogP contribution in [0.5, 0.6) is 0 Å². The fraction of sp³-hybridized carbons (Fsp3) is 0.810. The lowest BCUT2D eigenvalue weighted by Gasteiger charge is -2.41. The number of rotatable bonds is 12. The van der Waals surface area contributed by atoms with Gasteiger partial charge in [-0.25, -0.2) is 0 Å². The van der Waals surface area contributed by atoms with Crippen LogP contribution in [0.25, 0.3) is 0 Å². The summed E-state index contributed by atoms with van der Waals surface area (Å²) in [6, 6.07) is 0. The third kappa shape index (κ3) is 6.58. The van der Waals surface area contributed by atoms with Gasteiger partial charge in [-0.05, 0) is 37.8 Å². The highest BCUT2D eigenvalue weighted by Gasteiger charge is 2.45. The molecule has 2 unspecified atom stereocenters. The van der Waals surface area contributed by atoms with Gasteiger partial charge in [0.25, 0.3) is 0 Å². The molecule has 0 N–H and O–H groups in total. The van der Waals surface area contributed by atoms with Crippen LogP contribution >= 0.6 is 34.8 Å². The molecular formula is C21H35Cl3. The molecule has 0 heterocycles. The molecule has 0 aliphatic heterocycles. The summed E-state index contributed by atoms with van der Waals surface area (Å²) in [5.41, 5.74) is 2.39. The first kappa shape index (κ1) is 22.4. The molecule has 0 saturated carbocycles. The third-order valence-electron chi connectivity index (χ3n) is 5.39. The van der Waals surface area contributed by atoms with E-state index in [2.05, 4.69) is 13.0 Å². The molecule has 2 atom stereocenters. The molecule has 24 heavy (non-hydrogen) atoms. The zero-order valence-electron chi connectivity index (χ0n) is 15.8. The Morgan fingerprint density at radius 3 is 1.83 bits per heavy atom.